The minimum atomic E-state index is -0.946. The molecule has 2 amide bonds. The van der Waals surface area contributed by atoms with Gasteiger partial charge in [-0.2, -0.15) is 0 Å². The van der Waals surface area contributed by atoms with Crippen molar-refractivity contribution in [2.45, 2.75) is 45.6 Å². The molecule has 0 saturated carbocycles. The van der Waals surface area contributed by atoms with Crippen molar-refractivity contribution >= 4 is 18.0 Å². The van der Waals surface area contributed by atoms with Gasteiger partial charge in [-0.1, -0.05) is 105 Å². The zero-order valence-corrected chi connectivity index (χ0v) is 20.6. The molecule has 7 heteroatoms. The normalized spacial score (nSPS) is 12.3. The summed E-state index contributed by atoms with van der Waals surface area (Å²) in [5.74, 6) is -1.25. The van der Waals surface area contributed by atoms with E-state index >= 15 is 0 Å². The standard InChI is InChI=1S/C29H32N2O5/c1-21(2)26(28(33)35-19-23-14-8-4-9-15-23)31-27(32)25(18-22-12-6-3-7-13-22)30-29(34)36-20-24-16-10-5-11-17-24/h3-17,21,25-26H,18-20H2,1-2H3,(H,30,34)(H,31,32). The second kappa shape index (κ2) is 13.7. The summed E-state index contributed by atoms with van der Waals surface area (Å²) in [6.45, 7) is 3.83. The summed E-state index contributed by atoms with van der Waals surface area (Å²) in [4.78, 5) is 38.6. The zero-order chi connectivity index (χ0) is 25.8. The van der Waals surface area contributed by atoms with Crippen LogP contribution in [0.1, 0.15) is 30.5 Å². The van der Waals surface area contributed by atoms with Crippen molar-refractivity contribution in [1.82, 2.24) is 10.6 Å². The average molecular weight is 489 g/mol. The molecule has 3 aromatic rings. The Kier molecular flexibility index (Phi) is 10.1. The maximum absolute atomic E-state index is 13.3. The lowest BCUT2D eigenvalue weighted by Crippen LogP contribution is -2.54. The topological polar surface area (TPSA) is 93.7 Å². The summed E-state index contributed by atoms with van der Waals surface area (Å²) in [6, 6.07) is 26.1. The monoisotopic (exact) mass is 488 g/mol. The highest BCUT2D eigenvalue weighted by Gasteiger charge is 2.30. The number of alkyl carbamates (subject to hydrolysis) is 1. The minimum Gasteiger partial charge on any atom is -0.459 e. The van der Waals surface area contributed by atoms with E-state index in [1.54, 1.807) is 0 Å². The minimum absolute atomic E-state index is 0.0762. The molecule has 0 saturated heterocycles. The van der Waals surface area contributed by atoms with Gasteiger partial charge in [-0.3, -0.25) is 4.79 Å². The van der Waals surface area contributed by atoms with Crippen molar-refractivity contribution in [3.8, 4) is 0 Å². The highest BCUT2D eigenvalue weighted by Crippen LogP contribution is 2.10. The molecule has 0 aliphatic carbocycles. The summed E-state index contributed by atoms with van der Waals surface area (Å²) in [6.07, 6.45) is -0.487. The van der Waals surface area contributed by atoms with Crippen molar-refractivity contribution in [2.24, 2.45) is 5.92 Å². The van der Waals surface area contributed by atoms with E-state index < -0.39 is 30.1 Å². The third-order valence-electron chi connectivity index (χ3n) is 5.55. The van der Waals surface area contributed by atoms with Gasteiger partial charge in [0.25, 0.3) is 0 Å². The number of esters is 1. The molecule has 0 fully saturated rings. The third kappa shape index (κ3) is 8.58. The van der Waals surface area contributed by atoms with E-state index in [1.165, 1.54) is 0 Å². The quantitative estimate of drug-likeness (QED) is 0.390. The van der Waals surface area contributed by atoms with Crippen LogP contribution in [0.25, 0.3) is 0 Å². The lowest BCUT2D eigenvalue weighted by atomic mass is 10.0. The first-order valence-corrected chi connectivity index (χ1v) is 11.9. The second-order valence-corrected chi connectivity index (χ2v) is 8.77. The predicted molar refractivity (Wildman–Crippen MR) is 137 cm³/mol. The third-order valence-corrected chi connectivity index (χ3v) is 5.55. The van der Waals surface area contributed by atoms with Crippen LogP contribution in [-0.2, 0) is 38.7 Å². The van der Waals surface area contributed by atoms with Crippen molar-refractivity contribution in [2.75, 3.05) is 0 Å². The van der Waals surface area contributed by atoms with Gasteiger partial charge in [0.05, 0.1) is 0 Å². The number of hydrogen-bond acceptors (Lipinski definition) is 5. The van der Waals surface area contributed by atoms with Crippen LogP contribution < -0.4 is 10.6 Å². The summed E-state index contributed by atoms with van der Waals surface area (Å²) >= 11 is 0. The second-order valence-electron chi connectivity index (χ2n) is 8.77. The summed E-state index contributed by atoms with van der Waals surface area (Å²) in [5, 5.41) is 5.42. The van der Waals surface area contributed by atoms with Crippen LogP contribution in [0.5, 0.6) is 0 Å². The highest BCUT2D eigenvalue weighted by molar-refractivity contribution is 5.90. The molecule has 7 nitrogen and oxygen atoms in total. The van der Waals surface area contributed by atoms with Gasteiger partial charge in [0.1, 0.15) is 25.3 Å². The van der Waals surface area contributed by atoms with Crippen LogP contribution in [0.4, 0.5) is 4.79 Å². The first-order chi connectivity index (χ1) is 17.4. The van der Waals surface area contributed by atoms with Gasteiger partial charge in [-0.25, -0.2) is 9.59 Å². The van der Waals surface area contributed by atoms with Crippen LogP contribution in [0.2, 0.25) is 0 Å². The summed E-state index contributed by atoms with van der Waals surface area (Å²) in [5.41, 5.74) is 2.54. The molecule has 2 N–H and O–H groups in total. The number of ether oxygens (including phenoxy) is 2. The van der Waals surface area contributed by atoms with E-state index in [-0.39, 0.29) is 25.6 Å². The Balaban J connectivity index is 1.65. The maximum Gasteiger partial charge on any atom is 0.408 e. The van der Waals surface area contributed by atoms with Gasteiger partial charge in [0.15, 0.2) is 0 Å². The fourth-order valence-corrected chi connectivity index (χ4v) is 3.54. The maximum atomic E-state index is 13.3. The number of benzene rings is 3. The molecule has 36 heavy (non-hydrogen) atoms. The van der Waals surface area contributed by atoms with Crippen LogP contribution in [-0.4, -0.2) is 30.1 Å². The number of nitrogens with one attached hydrogen (secondary N) is 2. The molecule has 0 aromatic heterocycles. The Hall–Kier alpha value is -4.13. The Bertz CT molecular complexity index is 1100. The molecule has 2 unspecified atom stereocenters. The first kappa shape index (κ1) is 26.5. The fourth-order valence-electron chi connectivity index (χ4n) is 3.54. The Morgan fingerprint density at radius 3 is 1.64 bits per heavy atom. The molecule has 0 aliphatic rings. The smallest absolute Gasteiger partial charge is 0.408 e. The fraction of sp³-hybridized carbons (Fsp3) is 0.276. The molecule has 0 bridgehead atoms. The van der Waals surface area contributed by atoms with E-state index in [4.69, 9.17) is 9.47 Å². The lowest BCUT2D eigenvalue weighted by molar-refractivity contribution is -0.150. The molecule has 0 heterocycles. The molecule has 188 valence electrons. The largest absolute Gasteiger partial charge is 0.459 e. The van der Waals surface area contributed by atoms with Crippen LogP contribution in [0.3, 0.4) is 0 Å². The van der Waals surface area contributed by atoms with Gasteiger partial charge < -0.3 is 20.1 Å². The van der Waals surface area contributed by atoms with Crippen molar-refractivity contribution in [3.63, 3.8) is 0 Å². The van der Waals surface area contributed by atoms with E-state index in [0.29, 0.717) is 0 Å². The summed E-state index contributed by atoms with van der Waals surface area (Å²) in [7, 11) is 0. The molecule has 0 aliphatic heterocycles. The van der Waals surface area contributed by atoms with Gasteiger partial charge in [-0.15, -0.1) is 0 Å². The Labute approximate surface area is 211 Å². The first-order valence-electron chi connectivity index (χ1n) is 11.9. The van der Waals surface area contributed by atoms with E-state index in [2.05, 4.69) is 10.6 Å². The number of carbonyl (C=O) groups excluding carboxylic acids is 3. The Morgan fingerprint density at radius 2 is 1.14 bits per heavy atom. The Morgan fingerprint density at radius 1 is 0.667 bits per heavy atom. The molecule has 0 spiro atoms. The SMILES string of the molecule is CC(C)C(NC(=O)C(Cc1ccccc1)NC(=O)OCc1ccccc1)C(=O)OCc1ccccc1. The number of amides is 2. The number of hydrogen-bond donors (Lipinski definition) is 2. The number of rotatable bonds is 11. The predicted octanol–water partition coefficient (Wildman–Crippen LogP) is 4.41. The molecule has 0 radical (unpaired) electrons. The van der Waals surface area contributed by atoms with E-state index in [1.807, 2.05) is 105 Å². The molecule has 3 aromatic carbocycles. The van der Waals surface area contributed by atoms with Gasteiger partial charge in [0, 0.05) is 6.42 Å². The lowest BCUT2D eigenvalue weighted by Gasteiger charge is -2.24. The molecular formula is C29H32N2O5. The van der Waals surface area contributed by atoms with Gasteiger partial charge >= 0.3 is 12.1 Å². The summed E-state index contributed by atoms with van der Waals surface area (Å²) < 4.78 is 10.8. The average Bonchev–Trinajstić information content (AvgIpc) is 2.90. The van der Waals surface area contributed by atoms with E-state index in [9.17, 15) is 14.4 Å². The van der Waals surface area contributed by atoms with Gasteiger partial charge in [-0.05, 0) is 22.6 Å². The molecule has 3 rings (SSSR count). The van der Waals surface area contributed by atoms with Crippen LogP contribution in [0.15, 0.2) is 91.0 Å². The van der Waals surface area contributed by atoms with Crippen molar-refractivity contribution in [1.29, 1.82) is 0 Å². The number of carbonyl (C=O) groups is 3. The highest BCUT2D eigenvalue weighted by atomic mass is 16.5. The molecule has 2 atom stereocenters. The van der Waals surface area contributed by atoms with Crippen LogP contribution >= 0.6 is 0 Å². The van der Waals surface area contributed by atoms with Crippen molar-refractivity contribution in [3.05, 3.63) is 108 Å². The van der Waals surface area contributed by atoms with E-state index in [0.717, 1.165) is 16.7 Å². The van der Waals surface area contributed by atoms with Crippen LogP contribution in [0, 0.1) is 5.92 Å². The van der Waals surface area contributed by atoms with Crippen molar-refractivity contribution < 1.29 is 23.9 Å². The van der Waals surface area contributed by atoms with Gasteiger partial charge in [0.2, 0.25) is 5.91 Å². The zero-order valence-electron chi connectivity index (χ0n) is 20.6. The molecular weight excluding hydrogens is 456 g/mol.